The maximum atomic E-state index is 12.3. The molecule has 1 amide bonds. The molecule has 3 rings (SSSR count). The van der Waals surface area contributed by atoms with Gasteiger partial charge in [-0.05, 0) is 30.7 Å². The molecule has 138 valence electrons. The second-order valence-corrected chi connectivity index (χ2v) is 7.25. The molecule has 1 aromatic heterocycles. The Hall–Kier alpha value is -1.66. The van der Waals surface area contributed by atoms with Gasteiger partial charge in [0.05, 0.1) is 28.0 Å². The molecule has 0 atom stereocenters. The molecular weight excluding hydrogens is 371 g/mol. The van der Waals surface area contributed by atoms with Crippen LogP contribution in [0, 0.1) is 6.92 Å². The lowest BCUT2D eigenvalue weighted by Crippen LogP contribution is -2.48. The molecule has 0 saturated carbocycles. The van der Waals surface area contributed by atoms with Crippen LogP contribution in [0.25, 0.3) is 0 Å². The summed E-state index contributed by atoms with van der Waals surface area (Å²) in [4.78, 5) is 21.3. The zero-order valence-corrected chi connectivity index (χ0v) is 16.2. The summed E-state index contributed by atoms with van der Waals surface area (Å²) in [6, 6.07) is 9.26. The molecule has 5 nitrogen and oxygen atoms in total. The highest BCUT2D eigenvalue weighted by Gasteiger charge is 2.20. The van der Waals surface area contributed by atoms with Crippen LogP contribution in [-0.2, 0) is 11.3 Å². The van der Waals surface area contributed by atoms with Crippen molar-refractivity contribution in [1.29, 1.82) is 0 Å². The number of halogens is 2. The van der Waals surface area contributed by atoms with Crippen LogP contribution < -0.4 is 5.32 Å². The number of carbonyl (C=O) groups excluding carboxylic acids is 1. The van der Waals surface area contributed by atoms with Crippen molar-refractivity contribution >= 4 is 34.8 Å². The van der Waals surface area contributed by atoms with Crippen molar-refractivity contribution in [3.05, 3.63) is 57.8 Å². The third-order valence-electron chi connectivity index (χ3n) is 4.55. The predicted octanol–water partition coefficient (Wildman–Crippen LogP) is 3.45. The lowest BCUT2D eigenvalue weighted by Gasteiger charge is -2.34. The normalized spacial score (nSPS) is 15.8. The minimum Gasteiger partial charge on any atom is -0.324 e. The van der Waals surface area contributed by atoms with Crippen molar-refractivity contribution in [2.24, 2.45) is 0 Å². The maximum Gasteiger partial charge on any atom is 0.238 e. The van der Waals surface area contributed by atoms with E-state index in [0.717, 1.165) is 38.4 Å². The van der Waals surface area contributed by atoms with Crippen LogP contribution >= 0.6 is 23.2 Å². The highest BCUT2D eigenvalue weighted by atomic mass is 35.5. The first-order valence-corrected chi connectivity index (χ1v) is 9.37. The molecule has 1 aliphatic heterocycles. The first kappa shape index (κ1) is 19.1. The van der Waals surface area contributed by atoms with Gasteiger partial charge < -0.3 is 5.32 Å². The fraction of sp³-hybridized carbons (Fsp3) is 0.368. The quantitative estimate of drug-likeness (QED) is 0.846. The molecule has 1 N–H and O–H groups in total. The van der Waals surface area contributed by atoms with Crippen molar-refractivity contribution in [3.8, 4) is 0 Å². The second-order valence-electron chi connectivity index (χ2n) is 6.47. The number of hydrogen-bond donors (Lipinski definition) is 1. The summed E-state index contributed by atoms with van der Waals surface area (Å²) in [5.41, 5.74) is 2.88. The van der Waals surface area contributed by atoms with E-state index in [1.165, 1.54) is 5.56 Å². The zero-order valence-electron chi connectivity index (χ0n) is 14.7. The molecule has 0 unspecified atom stereocenters. The van der Waals surface area contributed by atoms with Gasteiger partial charge in [0.2, 0.25) is 5.91 Å². The molecule has 0 bridgehead atoms. The average molecular weight is 393 g/mol. The summed E-state index contributed by atoms with van der Waals surface area (Å²) in [7, 11) is 0. The second kappa shape index (κ2) is 8.82. The van der Waals surface area contributed by atoms with E-state index in [1.807, 2.05) is 12.3 Å². The summed E-state index contributed by atoms with van der Waals surface area (Å²) in [5, 5.41) is 3.64. The lowest BCUT2D eigenvalue weighted by atomic mass is 10.2. The van der Waals surface area contributed by atoms with Crippen LogP contribution in [0.5, 0.6) is 0 Å². The number of nitrogens with zero attached hydrogens (tertiary/aromatic N) is 3. The van der Waals surface area contributed by atoms with Crippen molar-refractivity contribution < 1.29 is 4.79 Å². The number of pyridine rings is 1. The Morgan fingerprint density at radius 1 is 1.12 bits per heavy atom. The van der Waals surface area contributed by atoms with Gasteiger partial charge in [0, 0.05) is 38.9 Å². The Kier molecular flexibility index (Phi) is 6.48. The number of piperazine rings is 1. The van der Waals surface area contributed by atoms with Gasteiger partial charge in [-0.15, -0.1) is 0 Å². The van der Waals surface area contributed by atoms with Crippen molar-refractivity contribution in [1.82, 2.24) is 14.8 Å². The van der Waals surface area contributed by atoms with Crippen molar-refractivity contribution in [2.75, 3.05) is 38.0 Å². The van der Waals surface area contributed by atoms with Crippen molar-refractivity contribution in [2.45, 2.75) is 13.5 Å². The van der Waals surface area contributed by atoms with Gasteiger partial charge in [0.1, 0.15) is 0 Å². The van der Waals surface area contributed by atoms with Crippen LogP contribution in [0.4, 0.5) is 5.69 Å². The van der Waals surface area contributed by atoms with Crippen molar-refractivity contribution in [3.63, 3.8) is 0 Å². The summed E-state index contributed by atoms with van der Waals surface area (Å²) < 4.78 is 0. The van der Waals surface area contributed by atoms with Crippen LogP contribution in [0.1, 0.15) is 11.3 Å². The molecule has 0 spiro atoms. The van der Waals surface area contributed by atoms with Gasteiger partial charge in [-0.3, -0.25) is 19.6 Å². The molecule has 0 radical (unpaired) electrons. The summed E-state index contributed by atoms with van der Waals surface area (Å²) in [6.45, 7) is 6.82. The lowest BCUT2D eigenvalue weighted by molar-refractivity contribution is -0.117. The van der Waals surface area contributed by atoms with Gasteiger partial charge in [-0.25, -0.2) is 0 Å². The van der Waals surface area contributed by atoms with Gasteiger partial charge in [-0.1, -0.05) is 35.3 Å². The van der Waals surface area contributed by atoms with Gasteiger partial charge in [0.15, 0.2) is 0 Å². The summed E-state index contributed by atoms with van der Waals surface area (Å²) >= 11 is 12.1. The number of rotatable bonds is 5. The third-order valence-corrected chi connectivity index (χ3v) is 5.37. The Morgan fingerprint density at radius 2 is 1.85 bits per heavy atom. The molecule has 1 aliphatic rings. The number of anilines is 1. The number of aryl methyl sites for hydroxylation is 1. The van der Waals surface area contributed by atoms with E-state index < -0.39 is 0 Å². The highest BCUT2D eigenvalue weighted by Crippen LogP contribution is 2.29. The van der Waals surface area contributed by atoms with E-state index in [1.54, 1.807) is 18.2 Å². The summed E-state index contributed by atoms with van der Waals surface area (Å²) in [6.07, 6.45) is 1.84. The minimum atomic E-state index is -0.0804. The Balaban J connectivity index is 1.47. The van der Waals surface area contributed by atoms with Crippen LogP contribution in [0.15, 0.2) is 36.5 Å². The van der Waals surface area contributed by atoms with E-state index in [4.69, 9.17) is 23.2 Å². The number of aromatic nitrogens is 1. The standard InChI is InChI=1S/C19H22Cl2N4O/c1-14-4-3-7-22-17(14)12-24-8-10-25(11-9-24)13-18(26)23-16-6-2-5-15(20)19(16)21/h2-7H,8-13H2,1H3,(H,23,26). The first-order valence-electron chi connectivity index (χ1n) is 8.62. The van der Waals surface area contributed by atoms with Crippen LogP contribution in [-0.4, -0.2) is 53.4 Å². The third kappa shape index (κ3) is 4.95. The molecule has 1 fully saturated rings. The van der Waals surface area contributed by atoms with E-state index in [9.17, 15) is 4.79 Å². The fourth-order valence-electron chi connectivity index (χ4n) is 2.99. The molecule has 1 saturated heterocycles. The number of nitrogens with one attached hydrogen (secondary N) is 1. The van der Waals surface area contributed by atoms with E-state index in [0.29, 0.717) is 22.3 Å². The number of hydrogen-bond acceptors (Lipinski definition) is 4. The fourth-order valence-corrected chi connectivity index (χ4v) is 3.34. The van der Waals surface area contributed by atoms with Crippen LogP contribution in [0.2, 0.25) is 10.0 Å². The Morgan fingerprint density at radius 3 is 2.58 bits per heavy atom. The number of carbonyl (C=O) groups is 1. The minimum absolute atomic E-state index is 0.0804. The van der Waals surface area contributed by atoms with Gasteiger partial charge >= 0.3 is 0 Å². The molecule has 26 heavy (non-hydrogen) atoms. The maximum absolute atomic E-state index is 12.3. The smallest absolute Gasteiger partial charge is 0.238 e. The Bertz CT molecular complexity index is 776. The molecule has 0 aliphatic carbocycles. The first-order chi connectivity index (χ1) is 12.5. The predicted molar refractivity (Wildman–Crippen MR) is 106 cm³/mol. The van der Waals surface area contributed by atoms with E-state index in [2.05, 4.69) is 33.1 Å². The van der Waals surface area contributed by atoms with Gasteiger partial charge in [0.25, 0.3) is 0 Å². The zero-order chi connectivity index (χ0) is 18.5. The van der Waals surface area contributed by atoms with E-state index in [-0.39, 0.29) is 5.91 Å². The van der Waals surface area contributed by atoms with Gasteiger partial charge in [-0.2, -0.15) is 0 Å². The average Bonchev–Trinajstić information content (AvgIpc) is 2.62. The Labute approximate surface area is 163 Å². The number of amides is 1. The molecule has 2 aromatic rings. The molecular formula is C19H22Cl2N4O. The summed E-state index contributed by atoms with van der Waals surface area (Å²) in [5.74, 6) is -0.0804. The van der Waals surface area contributed by atoms with E-state index >= 15 is 0 Å². The molecule has 2 heterocycles. The topological polar surface area (TPSA) is 48.5 Å². The SMILES string of the molecule is Cc1cccnc1CN1CCN(CC(=O)Nc2cccc(Cl)c2Cl)CC1. The van der Waals surface area contributed by atoms with Crippen LogP contribution in [0.3, 0.4) is 0 Å². The molecule has 7 heteroatoms. The number of benzene rings is 1. The molecule has 1 aromatic carbocycles. The largest absolute Gasteiger partial charge is 0.324 e. The highest BCUT2D eigenvalue weighted by molar-refractivity contribution is 6.43. The monoisotopic (exact) mass is 392 g/mol.